The monoisotopic (exact) mass is 487 g/mol. The molecule has 9 nitrogen and oxygen atoms in total. The van der Waals surface area contributed by atoms with E-state index < -0.39 is 11.0 Å². The number of aliphatic hydroxyl groups is 1. The highest BCUT2D eigenvalue weighted by atomic mass is 16.3. The van der Waals surface area contributed by atoms with Gasteiger partial charge in [-0.15, -0.1) is 0 Å². The van der Waals surface area contributed by atoms with Gasteiger partial charge in [-0.1, -0.05) is 19.9 Å². The molecule has 0 radical (unpaired) electrons. The smallest absolute Gasteiger partial charge is 0.278 e. The predicted octanol–water partition coefficient (Wildman–Crippen LogP) is 3.43. The van der Waals surface area contributed by atoms with E-state index in [9.17, 15) is 9.90 Å². The van der Waals surface area contributed by atoms with Crippen molar-refractivity contribution in [2.45, 2.75) is 65.1 Å². The molecule has 3 aromatic heterocycles. The van der Waals surface area contributed by atoms with Crippen LogP contribution in [0.3, 0.4) is 0 Å². The Bertz CT molecular complexity index is 1490. The van der Waals surface area contributed by atoms with Crippen LogP contribution in [0.1, 0.15) is 51.4 Å². The minimum atomic E-state index is -0.995. The minimum Gasteiger partial charge on any atom is -0.390 e. The second kappa shape index (κ2) is 8.83. The molecule has 0 atom stereocenters. The summed E-state index contributed by atoms with van der Waals surface area (Å²) in [6.07, 6.45) is 4.31. The van der Waals surface area contributed by atoms with Crippen molar-refractivity contribution in [3.05, 3.63) is 69.9 Å². The highest BCUT2D eigenvalue weighted by molar-refractivity contribution is 5.77. The number of benzene rings is 1. The summed E-state index contributed by atoms with van der Waals surface area (Å²) in [5.41, 5.74) is 3.73. The zero-order valence-electron chi connectivity index (χ0n) is 21.5. The molecule has 3 N–H and O–H groups in total. The van der Waals surface area contributed by atoms with Gasteiger partial charge in [-0.3, -0.25) is 9.78 Å². The van der Waals surface area contributed by atoms with Gasteiger partial charge in [0, 0.05) is 36.6 Å². The van der Waals surface area contributed by atoms with E-state index in [1.165, 1.54) is 11.1 Å². The zero-order valence-corrected chi connectivity index (χ0v) is 21.5. The van der Waals surface area contributed by atoms with E-state index in [4.69, 9.17) is 4.98 Å². The summed E-state index contributed by atoms with van der Waals surface area (Å²) in [6.45, 7) is 11.7. The van der Waals surface area contributed by atoms with E-state index in [1.807, 2.05) is 43.7 Å². The van der Waals surface area contributed by atoms with Crippen LogP contribution in [0.2, 0.25) is 0 Å². The largest absolute Gasteiger partial charge is 0.390 e. The third-order valence-corrected chi connectivity index (χ3v) is 7.48. The molecule has 0 fully saturated rings. The minimum absolute atomic E-state index is 0.154. The lowest BCUT2D eigenvalue weighted by atomic mass is 9.74. The van der Waals surface area contributed by atoms with Gasteiger partial charge in [0.25, 0.3) is 5.56 Å². The van der Waals surface area contributed by atoms with Crippen molar-refractivity contribution in [3.63, 3.8) is 0 Å². The normalized spacial score (nSPS) is 14.2. The number of fused-ring (bicyclic) bond motifs is 2. The molecule has 1 aliphatic heterocycles. The van der Waals surface area contributed by atoms with E-state index in [0.29, 0.717) is 23.5 Å². The standard InChI is InChI=1S/C27H33N7O2/c1-6-33-24(35)21-16-30-25(31-19-8-7-17-9-11-28-15-18(17)13-19)32-23(21)34(33)20-10-12-29-22(14-20)26(2,3)27(4,5)36/h7-8,10,12-14,16,28,36H,6,9,11,15H2,1-5H3,(H,30,31,32). The van der Waals surface area contributed by atoms with Crippen LogP contribution in [-0.4, -0.2) is 41.6 Å². The Morgan fingerprint density at radius 2 is 1.92 bits per heavy atom. The highest BCUT2D eigenvalue weighted by Crippen LogP contribution is 2.34. The summed E-state index contributed by atoms with van der Waals surface area (Å²) in [4.78, 5) is 26.9. The van der Waals surface area contributed by atoms with Gasteiger partial charge in [0.2, 0.25) is 5.95 Å². The predicted molar refractivity (Wildman–Crippen MR) is 141 cm³/mol. The summed E-state index contributed by atoms with van der Waals surface area (Å²) in [6, 6.07) is 10.1. The molecule has 4 heterocycles. The number of pyridine rings is 1. The fourth-order valence-electron chi connectivity index (χ4n) is 4.53. The first-order chi connectivity index (χ1) is 17.1. The molecule has 0 amide bonds. The molecule has 36 heavy (non-hydrogen) atoms. The van der Waals surface area contributed by atoms with Crippen LogP contribution >= 0.6 is 0 Å². The van der Waals surface area contributed by atoms with E-state index in [0.717, 1.165) is 36.6 Å². The van der Waals surface area contributed by atoms with Gasteiger partial charge in [0.1, 0.15) is 5.39 Å². The molecule has 1 aromatic carbocycles. The van der Waals surface area contributed by atoms with Crippen LogP contribution in [0.5, 0.6) is 0 Å². The van der Waals surface area contributed by atoms with Crippen molar-refractivity contribution in [1.29, 1.82) is 0 Å². The van der Waals surface area contributed by atoms with Crippen molar-refractivity contribution in [1.82, 2.24) is 29.6 Å². The first kappa shape index (κ1) is 24.1. The van der Waals surface area contributed by atoms with Gasteiger partial charge in [0.05, 0.1) is 17.0 Å². The Labute approximate surface area is 210 Å². The maximum atomic E-state index is 13.2. The average Bonchev–Trinajstić information content (AvgIpc) is 3.14. The van der Waals surface area contributed by atoms with Gasteiger partial charge in [-0.05, 0) is 69.1 Å². The molecular formula is C27H33N7O2. The fraction of sp³-hybridized carbons (Fsp3) is 0.407. The van der Waals surface area contributed by atoms with Gasteiger partial charge < -0.3 is 15.7 Å². The molecule has 0 saturated heterocycles. The maximum Gasteiger partial charge on any atom is 0.278 e. The van der Waals surface area contributed by atoms with Crippen molar-refractivity contribution in [3.8, 4) is 5.69 Å². The molecule has 9 heteroatoms. The summed E-state index contributed by atoms with van der Waals surface area (Å²) in [5.74, 6) is 0.416. The lowest BCUT2D eigenvalue weighted by Crippen LogP contribution is -2.43. The van der Waals surface area contributed by atoms with Crippen LogP contribution in [-0.2, 0) is 24.9 Å². The number of anilines is 2. The Hall–Kier alpha value is -3.56. The van der Waals surface area contributed by atoms with E-state index in [-0.39, 0.29) is 5.56 Å². The molecule has 1 aliphatic rings. The van der Waals surface area contributed by atoms with Crippen molar-refractivity contribution >= 4 is 22.7 Å². The lowest BCUT2D eigenvalue weighted by molar-refractivity contribution is 0.00776. The van der Waals surface area contributed by atoms with E-state index in [2.05, 4.69) is 32.7 Å². The topological polar surface area (TPSA) is 110 Å². The molecule has 0 unspecified atom stereocenters. The van der Waals surface area contributed by atoms with E-state index in [1.54, 1.807) is 30.9 Å². The number of nitrogens with one attached hydrogen (secondary N) is 2. The molecule has 0 bridgehead atoms. The van der Waals surface area contributed by atoms with Crippen LogP contribution in [0.15, 0.2) is 47.5 Å². The third-order valence-electron chi connectivity index (χ3n) is 7.48. The summed E-state index contributed by atoms with van der Waals surface area (Å²) >= 11 is 0. The van der Waals surface area contributed by atoms with Gasteiger partial charge in [0.15, 0.2) is 5.65 Å². The second-order valence-electron chi connectivity index (χ2n) is 10.4. The van der Waals surface area contributed by atoms with Crippen molar-refractivity contribution < 1.29 is 5.11 Å². The molecule has 4 aromatic rings. The van der Waals surface area contributed by atoms with E-state index >= 15 is 0 Å². The average molecular weight is 488 g/mol. The Morgan fingerprint density at radius 3 is 2.67 bits per heavy atom. The highest BCUT2D eigenvalue weighted by Gasteiger charge is 2.38. The fourth-order valence-corrected chi connectivity index (χ4v) is 4.53. The summed E-state index contributed by atoms with van der Waals surface area (Å²) in [5, 5.41) is 17.9. The number of hydrogen-bond donors (Lipinski definition) is 3. The molecule has 188 valence electrons. The molecule has 0 aliphatic carbocycles. The van der Waals surface area contributed by atoms with Gasteiger partial charge >= 0.3 is 0 Å². The molecule has 5 rings (SSSR count). The summed E-state index contributed by atoms with van der Waals surface area (Å²) in [7, 11) is 0. The zero-order chi connectivity index (χ0) is 25.7. The Morgan fingerprint density at radius 1 is 1.11 bits per heavy atom. The van der Waals surface area contributed by atoms with Crippen LogP contribution in [0, 0.1) is 0 Å². The molecule has 0 spiro atoms. The Balaban J connectivity index is 1.60. The number of aromatic nitrogens is 5. The third kappa shape index (κ3) is 4.08. The van der Waals surface area contributed by atoms with Gasteiger partial charge in [-0.25, -0.2) is 14.3 Å². The SMILES string of the molecule is CCn1c(=O)c2cnc(Nc3ccc4c(c3)CNCC4)nc2n1-c1ccnc(C(C)(C)C(C)(C)O)c1. The van der Waals surface area contributed by atoms with Crippen molar-refractivity contribution in [2.75, 3.05) is 11.9 Å². The second-order valence-corrected chi connectivity index (χ2v) is 10.4. The number of rotatable bonds is 6. The number of nitrogens with zero attached hydrogens (tertiary/aromatic N) is 5. The molecular weight excluding hydrogens is 454 g/mol. The molecule has 0 saturated carbocycles. The lowest BCUT2D eigenvalue weighted by Gasteiger charge is -2.36. The first-order valence-corrected chi connectivity index (χ1v) is 12.4. The summed E-state index contributed by atoms with van der Waals surface area (Å²) < 4.78 is 3.46. The van der Waals surface area contributed by atoms with Gasteiger partial charge in [-0.2, -0.15) is 4.98 Å². The first-order valence-electron chi connectivity index (χ1n) is 12.4. The van der Waals surface area contributed by atoms with Crippen LogP contribution in [0.4, 0.5) is 11.6 Å². The Kier molecular flexibility index (Phi) is 5.92. The maximum absolute atomic E-state index is 13.2. The van der Waals surface area contributed by atoms with Crippen molar-refractivity contribution in [2.24, 2.45) is 0 Å². The van der Waals surface area contributed by atoms with Crippen LogP contribution < -0.4 is 16.2 Å². The van der Waals surface area contributed by atoms with Crippen LogP contribution in [0.25, 0.3) is 16.7 Å². The number of hydrogen-bond acceptors (Lipinski definition) is 7. The quantitative estimate of drug-likeness (QED) is 0.382.